The highest BCUT2D eigenvalue weighted by atomic mass is 19.1. The Balaban J connectivity index is 1.40. The van der Waals surface area contributed by atoms with Crippen molar-refractivity contribution in [3.8, 4) is 16.9 Å². The molecule has 0 saturated heterocycles. The number of carboxylic acid groups (broad SMARTS) is 2. The Morgan fingerprint density at radius 2 is 1.43 bits per heavy atom. The molecule has 0 aliphatic heterocycles. The first-order valence-corrected chi connectivity index (χ1v) is 14.1. The highest BCUT2D eigenvalue weighted by Crippen LogP contribution is 2.24. The summed E-state index contributed by atoms with van der Waals surface area (Å²) in [6.45, 7) is 4.23. The zero-order valence-corrected chi connectivity index (χ0v) is 23.8. The number of aliphatic carboxylic acids is 1. The van der Waals surface area contributed by atoms with Crippen LogP contribution in [0, 0.1) is 12.7 Å². The second kappa shape index (κ2) is 14.9. The van der Waals surface area contributed by atoms with E-state index in [0.29, 0.717) is 51.3 Å². The van der Waals surface area contributed by atoms with Gasteiger partial charge in [-0.25, -0.2) is 9.18 Å². The van der Waals surface area contributed by atoms with Crippen molar-refractivity contribution in [2.24, 2.45) is 0 Å². The molecule has 218 valence electrons. The predicted octanol–water partition coefficient (Wildman–Crippen LogP) is 7.38. The van der Waals surface area contributed by atoms with E-state index >= 15 is 0 Å². The number of aromatic carboxylic acids is 1. The lowest BCUT2D eigenvalue weighted by Gasteiger charge is -2.23. The largest absolute Gasteiger partial charge is 0.489 e. The van der Waals surface area contributed by atoms with Gasteiger partial charge in [0.25, 0.3) is 0 Å². The van der Waals surface area contributed by atoms with Gasteiger partial charge in [-0.1, -0.05) is 66.2 Å². The van der Waals surface area contributed by atoms with E-state index in [9.17, 15) is 19.1 Å². The van der Waals surface area contributed by atoms with Crippen LogP contribution in [0.15, 0.2) is 91.0 Å². The Morgan fingerprint density at radius 3 is 2.07 bits per heavy atom. The second-order valence-corrected chi connectivity index (χ2v) is 10.5. The summed E-state index contributed by atoms with van der Waals surface area (Å²) in [6.07, 6.45) is 1.89. The molecule has 0 aliphatic rings. The summed E-state index contributed by atoms with van der Waals surface area (Å²) in [5.74, 6) is -1.52. The minimum atomic E-state index is -0.979. The molecular formula is C35H36FNO5. The lowest BCUT2D eigenvalue weighted by atomic mass is 10.0. The molecule has 42 heavy (non-hydrogen) atoms. The summed E-state index contributed by atoms with van der Waals surface area (Å²) >= 11 is 0. The van der Waals surface area contributed by atoms with Gasteiger partial charge in [0.2, 0.25) is 0 Å². The molecule has 7 heteroatoms. The average Bonchev–Trinajstić information content (AvgIpc) is 2.98. The van der Waals surface area contributed by atoms with Gasteiger partial charge >= 0.3 is 11.9 Å². The molecule has 0 saturated carbocycles. The van der Waals surface area contributed by atoms with Gasteiger partial charge in [-0.2, -0.15) is 0 Å². The summed E-state index contributed by atoms with van der Waals surface area (Å²) in [5, 5.41) is 18.2. The molecule has 2 N–H and O–H groups in total. The first kappa shape index (κ1) is 30.5. The van der Waals surface area contributed by atoms with Crippen LogP contribution >= 0.6 is 0 Å². The Kier molecular flexibility index (Phi) is 10.8. The molecule has 0 unspecified atom stereocenters. The molecule has 4 rings (SSSR count). The van der Waals surface area contributed by atoms with E-state index in [-0.39, 0.29) is 17.8 Å². The molecular weight excluding hydrogens is 533 g/mol. The number of carboxylic acids is 2. The van der Waals surface area contributed by atoms with Gasteiger partial charge < -0.3 is 14.9 Å². The van der Waals surface area contributed by atoms with Gasteiger partial charge in [0.05, 0.1) is 5.56 Å². The molecule has 0 spiro atoms. The summed E-state index contributed by atoms with van der Waals surface area (Å²) in [5.41, 5.74) is 6.42. The lowest BCUT2D eigenvalue weighted by molar-refractivity contribution is -0.137. The number of rotatable bonds is 15. The molecule has 0 bridgehead atoms. The number of aryl methyl sites for hydroxylation is 1. The number of benzene rings is 4. The van der Waals surface area contributed by atoms with Crippen molar-refractivity contribution in [1.29, 1.82) is 0 Å². The topological polar surface area (TPSA) is 87.1 Å². The van der Waals surface area contributed by atoms with Gasteiger partial charge in [0, 0.05) is 19.5 Å². The number of ether oxygens (including phenoxy) is 1. The van der Waals surface area contributed by atoms with Crippen LogP contribution in [-0.2, 0) is 24.4 Å². The SMILES string of the molecule is Cc1ccc(-c2ccc(COc3ccc(F)cc3CCN(CCCCC(=O)O)Cc3ccc(C(=O)O)cc3)cc2)cc1. The molecule has 4 aromatic carbocycles. The fraction of sp³-hybridized carbons (Fsp3) is 0.257. The highest BCUT2D eigenvalue weighted by Gasteiger charge is 2.12. The molecule has 0 heterocycles. The van der Waals surface area contributed by atoms with Crippen molar-refractivity contribution in [1.82, 2.24) is 4.90 Å². The van der Waals surface area contributed by atoms with Crippen LogP contribution in [0.4, 0.5) is 4.39 Å². The molecule has 4 aromatic rings. The highest BCUT2D eigenvalue weighted by molar-refractivity contribution is 5.87. The third kappa shape index (κ3) is 9.28. The third-order valence-electron chi connectivity index (χ3n) is 7.18. The fourth-order valence-corrected chi connectivity index (χ4v) is 4.76. The Labute approximate surface area is 246 Å². The Hall–Kier alpha value is -4.49. The van der Waals surface area contributed by atoms with Crippen molar-refractivity contribution in [2.75, 3.05) is 13.1 Å². The zero-order valence-electron chi connectivity index (χ0n) is 23.8. The van der Waals surface area contributed by atoms with Crippen LogP contribution in [0.25, 0.3) is 11.1 Å². The quantitative estimate of drug-likeness (QED) is 0.145. The van der Waals surface area contributed by atoms with E-state index in [1.807, 2.05) is 12.1 Å². The van der Waals surface area contributed by atoms with E-state index in [1.165, 1.54) is 17.7 Å². The monoisotopic (exact) mass is 569 g/mol. The summed E-state index contributed by atoms with van der Waals surface area (Å²) in [4.78, 5) is 24.3. The van der Waals surface area contributed by atoms with Crippen LogP contribution in [0.1, 0.15) is 51.9 Å². The number of unbranched alkanes of at least 4 members (excludes halogenated alkanes) is 1. The van der Waals surface area contributed by atoms with Gasteiger partial charge in [-0.05, 0) is 90.9 Å². The molecule has 0 atom stereocenters. The van der Waals surface area contributed by atoms with E-state index < -0.39 is 11.9 Å². The van der Waals surface area contributed by atoms with Crippen molar-refractivity contribution in [2.45, 2.75) is 45.8 Å². The van der Waals surface area contributed by atoms with Gasteiger partial charge in [-0.3, -0.25) is 9.69 Å². The minimum absolute atomic E-state index is 0.106. The van der Waals surface area contributed by atoms with Crippen LogP contribution in [0.3, 0.4) is 0 Å². The van der Waals surface area contributed by atoms with E-state index in [1.54, 1.807) is 30.3 Å². The van der Waals surface area contributed by atoms with Gasteiger partial charge in [0.15, 0.2) is 0 Å². The Bertz CT molecular complexity index is 1470. The molecule has 0 aliphatic carbocycles. The third-order valence-corrected chi connectivity index (χ3v) is 7.18. The van der Waals surface area contributed by atoms with E-state index in [0.717, 1.165) is 27.8 Å². The molecule has 0 aromatic heterocycles. The van der Waals surface area contributed by atoms with Crippen LogP contribution in [-0.4, -0.2) is 40.1 Å². The molecule has 6 nitrogen and oxygen atoms in total. The fourth-order valence-electron chi connectivity index (χ4n) is 4.76. The number of hydrogen-bond donors (Lipinski definition) is 2. The second-order valence-electron chi connectivity index (χ2n) is 10.5. The van der Waals surface area contributed by atoms with Crippen LogP contribution in [0.5, 0.6) is 5.75 Å². The zero-order chi connectivity index (χ0) is 29.9. The molecule has 0 radical (unpaired) electrons. The normalized spacial score (nSPS) is 11.0. The smallest absolute Gasteiger partial charge is 0.335 e. The standard InChI is InChI=1S/C35H36FNO5/c1-25-5-11-28(12-6-25)29-13-9-27(10-14-29)24-42-33-18-17-32(36)22-31(33)19-21-37(20-3-2-4-34(38)39)23-26-7-15-30(16-8-26)35(40)41/h5-18,22H,2-4,19-21,23-24H2,1H3,(H,38,39)(H,40,41). The van der Waals surface area contributed by atoms with Crippen molar-refractivity contribution < 1.29 is 28.9 Å². The maximum absolute atomic E-state index is 14.3. The van der Waals surface area contributed by atoms with Gasteiger partial charge in [-0.15, -0.1) is 0 Å². The number of carbonyl (C=O) groups is 2. The Morgan fingerprint density at radius 1 is 0.786 bits per heavy atom. The van der Waals surface area contributed by atoms with Crippen LogP contribution < -0.4 is 4.74 Å². The molecule has 0 amide bonds. The van der Waals surface area contributed by atoms with Crippen molar-refractivity contribution in [3.63, 3.8) is 0 Å². The van der Waals surface area contributed by atoms with E-state index in [2.05, 4.69) is 48.2 Å². The average molecular weight is 570 g/mol. The van der Waals surface area contributed by atoms with Crippen LogP contribution in [0.2, 0.25) is 0 Å². The maximum Gasteiger partial charge on any atom is 0.335 e. The van der Waals surface area contributed by atoms with Gasteiger partial charge in [0.1, 0.15) is 18.2 Å². The molecule has 0 fully saturated rings. The first-order chi connectivity index (χ1) is 20.3. The minimum Gasteiger partial charge on any atom is -0.489 e. The maximum atomic E-state index is 14.3. The first-order valence-electron chi connectivity index (χ1n) is 14.1. The summed E-state index contributed by atoms with van der Waals surface area (Å²) in [6, 6.07) is 27.9. The van der Waals surface area contributed by atoms with Crippen molar-refractivity contribution in [3.05, 3.63) is 125 Å². The summed E-state index contributed by atoms with van der Waals surface area (Å²) < 4.78 is 20.4. The number of halogens is 1. The lowest BCUT2D eigenvalue weighted by Crippen LogP contribution is -2.27. The van der Waals surface area contributed by atoms with E-state index in [4.69, 9.17) is 9.84 Å². The number of hydrogen-bond acceptors (Lipinski definition) is 4. The number of nitrogens with zero attached hydrogens (tertiary/aromatic N) is 1. The van der Waals surface area contributed by atoms with Crippen molar-refractivity contribution >= 4 is 11.9 Å². The predicted molar refractivity (Wildman–Crippen MR) is 161 cm³/mol. The summed E-state index contributed by atoms with van der Waals surface area (Å²) in [7, 11) is 0.